The van der Waals surface area contributed by atoms with E-state index in [2.05, 4.69) is 33.4 Å². The molecule has 4 saturated heterocycles. The van der Waals surface area contributed by atoms with Gasteiger partial charge in [-0.1, -0.05) is 44.6 Å². The molecule has 4 heterocycles. The maximum Gasteiger partial charge on any atom is 0.187 e. The third-order valence-electron chi connectivity index (χ3n) is 15.2. The van der Waals surface area contributed by atoms with E-state index >= 15 is 0 Å². The molecular weight excluding hydrogens is 664 g/mol. The van der Waals surface area contributed by atoms with E-state index in [4.69, 9.17) is 28.4 Å². The van der Waals surface area contributed by atoms with Gasteiger partial charge < -0.3 is 64.2 Å². The van der Waals surface area contributed by atoms with Gasteiger partial charge in [-0.25, -0.2) is 0 Å². The van der Waals surface area contributed by atoms with Gasteiger partial charge in [-0.3, -0.25) is 0 Å². The van der Waals surface area contributed by atoms with Crippen LogP contribution in [0.25, 0.3) is 0 Å². The van der Waals surface area contributed by atoms with Gasteiger partial charge in [0, 0.05) is 41.9 Å². The van der Waals surface area contributed by atoms with Gasteiger partial charge in [0.25, 0.3) is 0 Å². The van der Waals surface area contributed by atoms with E-state index in [-0.39, 0.29) is 42.8 Å². The lowest BCUT2D eigenvalue weighted by atomic mass is 9.44. The van der Waals surface area contributed by atoms with Crippen LogP contribution in [-0.4, -0.2) is 134 Å². The van der Waals surface area contributed by atoms with Crippen LogP contribution in [0.2, 0.25) is 0 Å². The standard InChI is InChI=1S/C38H58O13/c1-17-8-11-38(47-15-17)18(2)27-25(51-38)14-37(45)23-7-6-20-12-21(39)13-26(36(20,5)22(23)9-10-35(27,37)4)49-34-32(29(42)24(40)16-46-34)50-33-31(44)30(43)28(41)19(3)48-33/h6,18-19,21-34,39-45H,1,7-16H2,2-5H3/t18-,19-,21+,22-,23+,24-,25-,26+,27-,28-,29-,30+,31+,32+,33-,34-,35+,36-,37+,38+/m0/s1. The van der Waals surface area contributed by atoms with Gasteiger partial charge in [0.05, 0.1) is 43.2 Å². The van der Waals surface area contributed by atoms with Crippen molar-refractivity contribution in [3.05, 3.63) is 23.8 Å². The molecule has 0 aromatic heterocycles. The molecule has 13 heteroatoms. The quantitative estimate of drug-likeness (QED) is 0.204. The lowest BCUT2D eigenvalue weighted by Gasteiger charge is -2.63. The smallest absolute Gasteiger partial charge is 0.187 e. The average Bonchev–Trinajstić information content (AvgIpc) is 3.49. The largest absolute Gasteiger partial charge is 0.393 e. The molecule has 0 unspecified atom stereocenters. The highest BCUT2D eigenvalue weighted by Crippen LogP contribution is 2.72. The number of fused-ring (bicyclic) bond motifs is 7. The molecule has 8 rings (SSSR count). The Labute approximate surface area is 299 Å². The number of rotatable bonds is 4. The van der Waals surface area contributed by atoms with E-state index in [0.29, 0.717) is 25.9 Å². The zero-order valence-electron chi connectivity index (χ0n) is 30.2. The van der Waals surface area contributed by atoms with Gasteiger partial charge in [-0.05, 0) is 50.9 Å². The molecule has 0 aromatic carbocycles. The summed E-state index contributed by atoms with van der Waals surface area (Å²) in [5.74, 6) is -0.492. The molecule has 288 valence electrons. The Morgan fingerprint density at radius 1 is 0.922 bits per heavy atom. The second-order valence-electron chi connectivity index (χ2n) is 17.6. The van der Waals surface area contributed by atoms with Crippen molar-refractivity contribution in [2.24, 2.45) is 34.5 Å². The minimum absolute atomic E-state index is 0.00452. The van der Waals surface area contributed by atoms with Crippen LogP contribution < -0.4 is 0 Å². The molecule has 1 spiro atoms. The van der Waals surface area contributed by atoms with Gasteiger partial charge in [0.15, 0.2) is 18.4 Å². The van der Waals surface area contributed by atoms with Crippen LogP contribution in [0.3, 0.4) is 0 Å². The van der Waals surface area contributed by atoms with Crippen molar-refractivity contribution in [3.8, 4) is 0 Å². The van der Waals surface area contributed by atoms with Crippen molar-refractivity contribution < 1.29 is 64.2 Å². The van der Waals surface area contributed by atoms with Gasteiger partial charge in [0.1, 0.15) is 36.6 Å². The summed E-state index contributed by atoms with van der Waals surface area (Å²) in [6.07, 6.45) is -6.25. The van der Waals surface area contributed by atoms with Crippen molar-refractivity contribution in [2.45, 2.75) is 164 Å². The molecular formula is C38H58O13. The Kier molecular flexibility index (Phi) is 9.23. The number of aliphatic hydroxyl groups excluding tert-OH is 6. The summed E-state index contributed by atoms with van der Waals surface area (Å²) in [7, 11) is 0. The Bertz CT molecular complexity index is 1380. The molecule has 7 N–H and O–H groups in total. The van der Waals surface area contributed by atoms with Crippen LogP contribution in [0, 0.1) is 34.5 Å². The minimum atomic E-state index is -1.64. The van der Waals surface area contributed by atoms with Crippen molar-refractivity contribution >= 4 is 0 Å². The maximum absolute atomic E-state index is 13.0. The maximum atomic E-state index is 13.0. The van der Waals surface area contributed by atoms with Crippen molar-refractivity contribution in [2.75, 3.05) is 13.2 Å². The van der Waals surface area contributed by atoms with E-state index in [1.807, 2.05) is 0 Å². The first-order valence-corrected chi connectivity index (χ1v) is 19.1. The van der Waals surface area contributed by atoms with Crippen LogP contribution >= 0.6 is 0 Å². The summed E-state index contributed by atoms with van der Waals surface area (Å²) in [5.41, 5.74) is 0.146. The third kappa shape index (κ3) is 5.36. The van der Waals surface area contributed by atoms with Gasteiger partial charge in [-0.2, -0.15) is 0 Å². The fraction of sp³-hybridized carbons (Fsp3) is 0.895. The Hall–Kier alpha value is -1.04. The zero-order valence-corrected chi connectivity index (χ0v) is 30.2. The molecule has 0 bridgehead atoms. The summed E-state index contributed by atoms with van der Waals surface area (Å²) in [6.45, 7) is 12.5. The lowest BCUT2D eigenvalue weighted by molar-refractivity contribution is -0.363. The summed E-state index contributed by atoms with van der Waals surface area (Å²) in [5, 5.41) is 77.1. The highest BCUT2D eigenvalue weighted by molar-refractivity contribution is 5.31. The second kappa shape index (κ2) is 12.8. The van der Waals surface area contributed by atoms with Crippen LogP contribution in [0.15, 0.2) is 23.8 Å². The predicted molar refractivity (Wildman–Crippen MR) is 178 cm³/mol. The van der Waals surface area contributed by atoms with E-state index < -0.39 is 89.7 Å². The summed E-state index contributed by atoms with van der Waals surface area (Å²) < 4.78 is 37.6. The first kappa shape index (κ1) is 36.9. The molecule has 20 atom stereocenters. The molecule has 4 aliphatic carbocycles. The number of allylic oxidation sites excluding steroid dienone is 1. The van der Waals surface area contributed by atoms with Gasteiger partial charge in [-0.15, -0.1) is 0 Å². The normalized spacial score (nSPS) is 58.4. The van der Waals surface area contributed by atoms with Crippen molar-refractivity contribution in [3.63, 3.8) is 0 Å². The van der Waals surface area contributed by atoms with Crippen molar-refractivity contribution in [1.82, 2.24) is 0 Å². The SMILES string of the molecule is C=C1CC[C@@]2(OC1)O[C@H]1C[C@@]3(O)[C@@H]4CC=C5C[C@@H](O)C[C@@H](O[C@@H]6OC[C@H](O)[C@H](O)[C@H]6O[C@@H]6O[C@@H](C)[C@H](O)[C@@H](O)[C@H]6O)[C@]5(C)[C@H]4CC[C@]3(C)[C@H]1[C@@H]2C. The van der Waals surface area contributed by atoms with Crippen LogP contribution in [0.4, 0.5) is 0 Å². The van der Waals surface area contributed by atoms with E-state index in [1.54, 1.807) is 0 Å². The van der Waals surface area contributed by atoms with Crippen LogP contribution in [0.5, 0.6) is 0 Å². The third-order valence-corrected chi connectivity index (χ3v) is 15.2. The average molecular weight is 723 g/mol. The second-order valence-corrected chi connectivity index (χ2v) is 17.6. The first-order valence-electron chi connectivity index (χ1n) is 19.1. The summed E-state index contributed by atoms with van der Waals surface area (Å²) in [4.78, 5) is 0. The molecule has 3 saturated carbocycles. The Balaban J connectivity index is 1.06. The zero-order chi connectivity index (χ0) is 36.4. The highest BCUT2D eigenvalue weighted by atomic mass is 16.8. The molecule has 8 aliphatic rings. The molecule has 0 aromatic rings. The summed E-state index contributed by atoms with van der Waals surface area (Å²) in [6, 6.07) is 0. The highest BCUT2D eigenvalue weighted by Gasteiger charge is 2.75. The predicted octanol–water partition coefficient (Wildman–Crippen LogP) is 1.03. The number of hydrogen-bond donors (Lipinski definition) is 7. The summed E-state index contributed by atoms with van der Waals surface area (Å²) >= 11 is 0. The Morgan fingerprint density at radius 2 is 1.69 bits per heavy atom. The molecule has 4 aliphatic heterocycles. The fourth-order valence-corrected chi connectivity index (χ4v) is 12.2. The number of hydrogen-bond acceptors (Lipinski definition) is 13. The fourth-order valence-electron chi connectivity index (χ4n) is 12.2. The van der Waals surface area contributed by atoms with E-state index in [9.17, 15) is 35.7 Å². The van der Waals surface area contributed by atoms with E-state index in [1.165, 1.54) is 6.92 Å². The minimum Gasteiger partial charge on any atom is -0.393 e. The lowest BCUT2D eigenvalue weighted by Crippen LogP contribution is -2.65. The van der Waals surface area contributed by atoms with Gasteiger partial charge >= 0.3 is 0 Å². The van der Waals surface area contributed by atoms with Crippen LogP contribution in [-0.2, 0) is 28.4 Å². The monoisotopic (exact) mass is 722 g/mol. The first-order chi connectivity index (χ1) is 24.0. The molecule has 51 heavy (non-hydrogen) atoms. The number of aliphatic hydroxyl groups is 7. The van der Waals surface area contributed by atoms with E-state index in [0.717, 1.165) is 36.8 Å². The van der Waals surface area contributed by atoms with Gasteiger partial charge in [0.2, 0.25) is 0 Å². The topological polar surface area (TPSA) is 197 Å². The molecule has 0 amide bonds. The van der Waals surface area contributed by atoms with Crippen molar-refractivity contribution in [1.29, 1.82) is 0 Å². The number of ether oxygens (including phenoxy) is 6. The molecule has 13 nitrogen and oxygen atoms in total. The molecule has 0 radical (unpaired) electrons. The molecule has 7 fully saturated rings. The Morgan fingerprint density at radius 3 is 2.41 bits per heavy atom. The van der Waals surface area contributed by atoms with Crippen LogP contribution in [0.1, 0.15) is 79.1 Å².